The van der Waals surface area contributed by atoms with Crippen LogP contribution in [0.15, 0.2) is 54.9 Å². The summed E-state index contributed by atoms with van der Waals surface area (Å²) in [5.74, 6) is 1.15. The van der Waals surface area contributed by atoms with Gasteiger partial charge in [-0.25, -0.2) is 4.98 Å². The molecule has 1 spiro atoms. The molecule has 6 nitrogen and oxygen atoms in total. The Morgan fingerprint density at radius 2 is 2.00 bits per heavy atom. The number of likely N-dealkylation sites (tertiary alicyclic amines) is 1. The molecule has 2 unspecified atom stereocenters. The smallest absolute Gasteiger partial charge is 0.274 e. The Hall–Kier alpha value is -3.25. The average Bonchev–Trinajstić information content (AvgIpc) is 3.57. The lowest BCUT2D eigenvalue weighted by atomic mass is 9.80. The molecule has 1 aromatic heterocycles. The second-order valence-corrected chi connectivity index (χ2v) is 9.68. The van der Waals surface area contributed by atoms with Crippen molar-refractivity contribution in [2.24, 2.45) is 0 Å². The summed E-state index contributed by atoms with van der Waals surface area (Å²) in [5, 5.41) is 14.0. The molecular weight excluding hydrogens is 412 g/mol. The van der Waals surface area contributed by atoms with E-state index in [0.29, 0.717) is 36.9 Å². The fraction of sp³-hybridized carbons (Fsp3) is 0.370. The highest BCUT2D eigenvalue weighted by Crippen LogP contribution is 2.52. The van der Waals surface area contributed by atoms with Crippen molar-refractivity contribution in [1.29, 1.82) is 0 Å². The van der Waals surface area contributed by atoms with Crippen molar-refractivity contribution in [2.45, 2.75) is 43.1 Å². The summed E-state index contributed by atoms with van der Waals surface area (Å²) in [6, 6.07) is 15.2. The van der Waals surface area contributed by atoms with Crippen molar-refractivity contribution < 1.29 is 9.90 Å². The van der Waals surface area contributed by atoms with Crippen LogP contribution in [0.1, 0.15) is 64.9 Å². The molecule has 6 rings (SSSR count). The van der Waals surface area contributed by atoms with Gasteiger partial charge in [-0.05, 0) is 65.5 Å². The predicted molar refractivity (Wildman–Crippen MR) is 127 cm³/mol. The van der Waals surface area contributed by atoms with Crippen LogP contribution in [0.5, 0.6) is 0 Å². The molecule has 2 heterocycles. The maximum Gasteiger partial charge on any atom is 0.274 e. The van der Waals surface area contributed by atoms with Gasteiger partial charge in [0.15, 0.2) is 0 Å². The summed E-state index contributed by atoms with van der Waals surface area (Å²) in [6.45, 7) is 1.25. The maximum absolute atomic E-state index is 13.1. The van der Waals surface area contributed by atoms with E-state index in [0.717, 1.165) is 12.0 Å². The average molecular weight is 441 g/mol. The van der Waals surface area contributed by atoms with Gasteiger partial charge in [0.1, 0.15) is 11.5 Å². The Labute approximate surface area is 193 Å². The van der Waals surface area contributed by atoms with Gasteiger partial charge in [-0.1, -0.05) is 36.4 Å². The van der Waals surface area contributed by atoms with Gasteiger partial charge in [-0.15, -0.1) is 0 Å². The molecule has 33 heavy (non-hydrogen) atoms. The van der Waals surface area contributed by atoms with Crippen molar-refractivity contribution in [3.8, 4) is 11.1 Å². The molecule has 3 aliphatic rings. The third-order valence-electron chi connectivity index (χ3n) is 7.61. The number of nitrogens with one attached hydrogen (secondary N) is 1. The second-order valence-electron chi connectivity index (χ2n) is 9.68. The van der Waals surface area contributed by atoms with Crippen molar-refractivity contribution in [2.75, 3.05) is 25.5 Å². The SMILES string of the molecule is CNc1cncc(C(=O)N2CCC3(CC(O)c4cc(-c5ccccc5C5CC5)ccc43)C2)n1. The molecule has 2 aromatic carbocycles. The quantitative estimate of drug-likeness (QED) is 0.633. The number of aliphatic hydroxyl groups excluding tert-OH is 1. The first-order valence-electron chi connectivity index (χ1n) is 11.8. The topological polar surface area (TPSA) is 78.4 Å². The molecule has 2 fully saturated rings. The van der Waals surface area contributed by atoms with Crippen molar-refractivity contribution in [1.82, 2.24) is 14.9 Å². The minimum atomic E-state index is -0.504. The number of carbonyl (C=O) groups excluding carboxylic acids is 1. The number of aromatic nitrogens is 2. The van der Waals surface area contributed by atoms with Crippen molar-refractivity contribution in [3.05, 3.63) is 77.2 Å². The van der Waals surface area contributed by atoms with Crippen LogP contribution in [-0.2, 0) is 5.41 Å². The van der Waals surface area contributed by atoms with E-state index < -0.39 is 6.10 Å². The highest BCUT2D eigenvalue weighted by Gasteiger charge is 2.49. The number of fused-ring (bicyclic) bond motifs is 2. The minimum Gasteiger partial charge on any atom is -0.388 e. The molecule has 2 atom stereocenters. The monoisotopic (exact) mass is 440 g/mol. The predicted octanol–water partition coefficient (Wildman–Crippen LogP) is 4.28. The van der Waals surface area contributed by atoms with Crippen LogP contribution in [0.2, 0.25) is 0 Å². The molecule has 0 bridgehead atoms. The number of hydrogen-bond acceptors (Lipinski definition) is 5. The van der Waals surface area contributed by atoms with Crippen LogP contribution < -0.4 is 5.32 Å². The van der Waals surface area contributed by atoms with E-state index in [2.05, 4.69) is 57.7 Å². The molecule has 1 aliphatic heterocycles. The zero-order valence-electron chi connectivity index (χ0n) is 18.8. The lowest BCUT2D eigenvalue weighted by Gasteiger charge is -2.25. The number of benzene rings is 2. The highest BCUT2D eigenvalue weighted by molar-refractivity contribution is 5.92. The first kappa shape index (κ1) is 20.4. The van der Waals surface area contributed by atoms with E-state index in [1.165, 1.54) is 41.3 Å². The molecule has 3 aromatic rings. The van der Waals surface area contributed by atoms with E-state index in [9.17, 15) is 9.90 Å². The Balaban J connectivity index is 1.30. The van der Waals surface area contributed by atoms with Gasteiger partial charge >= 0.3 is 0 Å². The number of hydrogen-bond donors (Lipinski definition) is 2. The van der Waals surface area contributed by atoms with Gasteiger partial charge in [-0.2, -0.15) is 0 Å². The summed E-state index contributed by atoms with van der Waals surface area (Å²) in [7, 11) is 1.76. The highest BCUT2D eigenvalue weighted by atomic mass is 16.3. The fourth-order valence-corrected chi connectivity index (χ4v) is 5.77. The third-order valence-corrected chi connectivity index (χ3v) is 7.61. The zero-order valence-corrected chi connectivity index (χ0v) is 18.8. The van der Waals surface area contributed by atoms with Gasteiger partial charge in [0, 0.05) is 25.6 Å². The lowest BCUT2D eigenvalue weighted by Crippen LogP contribution is -2.34. The first-order chi connectivity index (χ1) is 16.1. The molecule has 1 saturated carbocycles. The Morgan fingerprint density at radius 1 is 1.15 bits per heavy atom. The standard InChI is InChI=1S/C27H28N4O2/c1-28-25-15-29-14-23(30-25)26(33)31-11-10-27(16-31)13-24(32)21-12-18(8-9-22(21)27)20-5-3-2-4-19(20)17-6-7-17/h2-5,8-9,12,14-15,17,24,32H,6-7,10-11,13,16H2,1H3,(H,28,30). The van der Waals surface area contributed by atoms with Crippen LogP contribution in [0.3, 0.4) is 0 Å². The van der Waals surface area contributed by atoms with E-state index in [1.807, 2.05) is 4.90 Å². The minimum absolute atomic E-state index is 0.102. The Kier molecular flexibility index (Phi) is 4.73. The number of aliphatic hydroxyl groups is 1. The van der Waals surface area contributed by atoms with Gasteiger partial charge in [0.2, 0.25) is 0 Å². The van der Waals surface area contributed by atoms with E-state index in [4.69, 9.17) is 0 Å². The summed E-state index contributed by atoms with van der Waals surface area (Å²) >= 11 is 0. The third kappa shape index (κ3) is 3.40. The summed E-state index contributed by atoms with van der Waals surface area (Å²) in [4.78, 5) is 23.5. The number of nitrogens with zero attached hydrogens (tertiary/aromatic N) is 3. The molecule has 1 saturated heterocycles. The largest absolute Gasteiger partial charge is 0.388 e. The van der Waals surface area contributed by atoms with Gasteiger partial charge in [0.05, 0.1) is 18.5 Å². The molecule has 0 radical (unpaired) electrons. The maximum atomic E-state index is 13.1. The first-order valence-corrected chi connectivity index (χ1v) is 11.8. The van der Waals surface area contributed by atoms with Crippen LogP contribution >= 0.6 is 0 Å². The second kappa shape index (κ2) is 7.66. The van der Waals surface area contributed by atoms with Crippen molar-refractivity contribution in [3.63, 3.8) is 0 Å². The number of amides is 1. The molecular formula is C27H28N4O2. The van der Waals surface area contributed by atoms with Gasteiger partial charge < -0.3 is 15.3 Å². The van der Waals surface area contributed by atoms with Crippen LogP contribution in [0.4, 0.5) is 5.82 Å². The number of carbonyl (C=O) groups is 1. The fourth-order valence-electron chi connectivity index (χ4n) is 5.77. The number of anilines is 1. The normalized spacial score (nSPS) is 23.7. The van der Waals surface area contributed by atoms with Gasteiger partial charge in [0.25, 0.3) is 5.91 Å². The molecule has 2 N–H and O–H groups in total. The van der Waals surface area contributed by atoms with Gasteiger partial charge in [-0.3, -0.25) is 9.78 Å². The summed E-state index contributed by atoms with van der Waals surface area (Å²) < 4.78 is 0. The Bertz CT molecular complexity index is 1240. The summed E-state index contributed by atoms with van der Waals surface area (Å²) in [6.07, 6.45) is 6.65. The van der Waals surface area contributed by atoms with Crippen LogP contribution in [0, 0.1) is 0 Å². The van der Waals surface area contributed by atoms with Crippen LogP contribution in [-0.4, -0.2) is 46.0 Å². The number of rotatable bonds is 4. The van der Waals surface area contributed by atoms with E-state index in [1.54, 1.807) is 13.2 Å². The van der Waals surface area contributed by atoms with E-state index in [-0.39, 0.29) is 11.3 Å². The molecule has 1 amide bonds. The summed E-state index contributed by atoms with van der Waals surface area (Å²) in [5.41, 5.74) is 6.23. The molecule has 2 aliphatic carbocycles. The van der Waals surface area contributed by atoms with Crippen LogP contribution in [0.25, 0.3) is 11.1 Å². The van der Waals surface area contributed by atoms with Crippen molar-refractivity contribution >= 4 is 11.7 Å². The molecule has 168 valence electrons. The lowest BCUT2D eigenvalue weighted by molar-refractivity contribution is 0.0770. The zero-order chi connectivity index (χ0) is 22.6. The Morgan fingerprint density at radius 3 is 2.82 bits per heavy atom. The van der Waals surface area contributed by atoms with E-state index >= 15 is 0 Å². The molecule has 6 heteroatoms.